The SMILES string of the molecule is O=C(NN[C@@H]1CC(=O)N(c2ccc(Cl)cc2)C1=O)c1ccccc1[N+](=O)[O-]. The van der Waals surface area contributed by atoms with E-state index in [9.17, 15) is 24.5 Å². The van der Waals surface area contributed by atoms with Crippen LogP contribution in [0, 0.1) is 10.1 Å². The quantitative estimate of drug-likeness (QED) is 0.457. The Bertz CT molecular complexity index is 931. The predicted molar refractivity (Wildman–Crippen MR) is 96.0 cm³/mol. The largest absolute Gasteiger partial charge is 0.286 e. The Morgan fingerprint density at radius 3 is 2.48 bits per heavy atom. The second-order valence-electron chi connectivity index (χ2n) is 5.67. The first kappa shape index (κ1) is 18.5. The van der Waals surface area contributed by atoms with E-state index in [1.807, 2.05) is 0 Å². The van der Waals surface area contributed by atoms with Gasteiger partial charge in [-0.1, -0.05) is 23.7 Å². The van der Waals surface area contributed by atoms with Crippen molar-refractivity contribution in [2.24, 2.45) is 0 Å². The third kappa shape index (κ3) is 3.78. The molecule has 10 heteroatoms. The molecule has 0 radical (unpaired) electrons. The molecule has 2 aromatic rings. The van der Waals surface area contributed by atoms with Crippen LogP contribution in [0.5, 0.6) is 0 Å². The van der Waals surface area contributed by atoms with E-state index in [4.69, 9.17) is 11.6 Å². The third-order valence-electron chi connectivity index (χ3n) is 3.94. The number of nitro groups is 1. The number of imide groups is 1. The molecule has 1 heterocycles. The average molecular weight is 389 g/mol. The van der Waals surface area contributed by atoms with Crippen LogP contribution in [-0.2, 0) is 9.59 Å². The van der Waals surface area contributed by atoms with Crippen LogP contribution >= 0.6 is 11.6 Å². The predicted octanol–water partition coefficient (Wildman–Crippen LogP) is 1.81. The minimum atomic E-state index is -0.986. The van der Waals surface area contributed by atoms with Crippen molar-refractivity contribution in [3.8, 4) is 0 Å². The second kappa shape index (κ2) is 7.52. The van der Waals surface area contributed by atoms with Gasteiger partial charge in [0.15, 0.2) is 0 Å². The minimum absolute atomic E-state index is 0.165. The van der Waals surface area contributed by atoms with Gasteiger partial charge in [-0.3, -0.25) is 29.9 Å². The molecular weight excluding hydrogens is 376 g/mol. The summed E-state index contributed by atoms with van der Waals surface area (Å²) in [5.74, 6) is -1.78. The van der Waals surface area contributed by atoms with Gasteiger partial charge < -0.3 is 0 Å². The van der Waals surface area contributed by atoms with Crippen LogP contribution in [0.4, 0.5) is 11.4 Å². The lowest BCUT2D eigenvalue weighted by atomic mass is 10.2. The summed E-state index contributed by atoms with van der Waals surface area (Å²) in [6.45, 7) is 0. The number of amides is 3. The molecule has 9 nitrogen and oxygen atoms in total. The zero-order chi connectivity index (χ0) is 19.6. The van der Waals surface area contributed by atoms with Gasteiger partial charge in [-0.05, 0) is 30.3 Å². The maximum atomic E-state index is 12.5. The normalized spacial score (nSPS) is 16.5. The van der Waals surface area contributed by atoms with Crippen molar-refractivity contribution in [1.82, 2.24) is 10.9 Å². The fourth-order valence-electron chi connectivity index (χ4n) is 2.65. The first-order chi connectivity index (χ1) is 12.9. The Labute approximate surface area is 158 Å². The Hall–Kier alpha value is -3.30. The third-order valence-corrected chi connectivity index (χ3v) is 4.19. The monoisotopic (exact) mass is 388 g/mol. The molecule has 0 bridgehead atoms. The van der Waals surface area contributed by atoms with Gasteiger partial charge >= 0.3 is 0 Å². The molecule has 1 fully saturated rings. The molecule has 0 aromatic heterocycles. The van der Waals surface area contributed by atoms with E-state index in [1.165, 1.54) is 36.4 Å². The number of rotatable bonds is 5. The second-order valence-corrected chi connectivity index (χ2v) is 6.11. The summed E-state index contributed by atoms with van der Waals surface area (Å²) in [5.41, 5.74) is 4.56. The fourth-order valence-corrected chi connectivity index (χ4v) is 2.78. The van der Waals surface area contributed by atoms with Crippen molar-refractivity contribution in [2.75, 3.05) is 4.90 Å². The average Bonchev–Trinajstić information content (AvgIpc) is 2.94. The van der Waals surface area contributed by atoms with Gasteiger partial charge in [0, 0.05) is 11.1 Å². The smallest absolute Gasteiger partial charge is 0.282 e. The molecule has 3 rings (SSSR count). The molecule has 2 aromatic carbocycles. The van der Waals surface area contributed by atoms with E-state index in [0.717, 1.165) is 4.90 Å². The molecule has 0 saturated carbocycles. The summed E-state index contributed by atoms with van der Waals surface area (Å²) in [7, 11) is 0. The van der Waals surface area contributed by atoms with E-state index in [-0.39, 0.29) is 17.7 Å². The molecular formula is C17H13ClN4O5. The lowest BCUT2D eigenvalue weighted by Gasteiger charge is -2.16. The molecule has 138 valence electrons. The first-order valence-corrected chi connectivity index (χ1v) is 8.18. The first-order valence-electron chi connectivity index (χ1n) is 7.80. The number of nitrogens with zero attached hydrogens (tertiary/aromatic N) is 2. The number of benzene rings is 2. The lowest BCUT2D eigenvalue weighted by molar-refractivity contribution is -0.385. The highest BCUT2D eigenvalue weighted by molar-refractivity contribution is 6.30. The van der Waals surface area contributed by atoms with Crippen LogP contribution in [0.2, 0.25) is 5.02 Å². The van der Waals surface area contributed by atoms with Crippen molar-refractivity contribution in [3.05, 3.63) is 69.2 Å². The van der Waals surface area contributed by atoms with Crippen molar-refractivity contribution >= 4 is 40.7 Å². The van der Waals surface area contributed by atoms with Gasteiger partial charge in [-0.2, -0.15) is 0 Å². The van der Waals surface area contributed by atoms with Crippen LogP contribution in [0.1, 0.15) is 16.8 Å². The van der Waals surface area contributed by atoms with Crippen molar-refractivity contribution in [1.29, 1.82) is 0 Å². The number of para-hydroxylation sites is 1. The molecule has 2 N–H and O–H groups in total. The topological polar surface area (TPSA) is 122 Å². The van der Waals surface area contributed by atoms with Crippen LogP contribution in [0.3, 0.4) is 0 Å². The van der Waals surface area contributed by atoms with Gasteiger partial charge in [0.2, 0.25) is 5.91 Å². The highest BCUT2D eigenvalue weighted by Crippen LogP contribution is 2.24. The highest BCUT2D eigenvalue weighted by atomic mass is 35.5. The number of halogens is 1. The molecule has 3 amide bonds. The Morgan fingerprint density at radius 2 is 1.81 bits per heavy atom. The zero-order valence-electron chi connectivity index (χ0n) is 13.7. The van der Waals surface area contributed by atoms with Gasteiger partial charge in [0.25, 0.3) is 17.5 Å². The van der Waals surface area contributed by atoms with Crippen molar-refractivity contribution in [3.63, 3.8) is 0 Å². The summed E-state index contributed by atoms with van der Waals surface area (Å²) in [5, 5.41) is 11.5. The van der Waals surface area contributed by atoms with Gasteiger partial charge in [0.1, 0.15) is 11.6 Å². The Balaban J connectivity index is 1.70. The number of hydrogen-bond acceptors (Lipinski definition) is 6. The summed E-state index contributed by atoms with van der Waals surface area (Å²) in [6.07, 6.45) is -0.168. The number of hydrazine groups is 1. The molecule has 1 aliphatic heterocycles. The number of nitro benzene ring substituents is 1. The summed E-state index contributed by atoms with van der Waals surface area (Å²) in [4.78, 5) is 48.2. The zero-order valence-corrected chi connectivity index (χ0v) is 14.5. The van der Waals surface area contributed by atoms with Gasteiger partial charge in [-0.15, -0.1) is 0 Å². The minimum Gasteiger partial charge on any atom is -0.286 e. The van der Waals surface area contributed by atoms with Crippen molar-refractivity contribution in [2.45, 2.75) is 12.5 Å². The van der Waals surface area contributed by atoms with E-state index < -0.39 is 28.7 Å². The maximum Gasteiger partial charge on any atom is 0.282 e. The standard InChI is InChI=1S/C17H13ClN4O5/c18-10-5-7-11(8-6-10)21-15(23)9-13(17(21)25)19-20-16(24)12-3-1-2-4-14(12)22(26)27/h1-8,13,19H,9H2,(H,20,24)/t13-/m1/s1. The molecule has 27 heavy (non-hydrogen) atoms. The van der Waals surface area contributed by atoms with Crippen LogP contribution in [0.25, 0.3) is 0 Å². The number of carbonyl (C=O) groups is 3. The maximum absolute atomic E-state index is 12.5. The lowest BCUT2D eigenvalue weighted by Crippen LogP contribution is -2.48. The van der Waals surface area contributed by atoms with Crippen molar-refractivity contribution < 1.29 is 19.3 Å². The Morgan fingerprint density at radius 1 is 1.15 bits per heavy atom. The highest BCUT2D eigenvalue weighted by Gasteiger charge is 2.39. The van der Waals surface area contributed by atoms with E-state index in [0.29, 0.717) is 10.7 Å². The van der Waals surface area contributed by atoms with Crippen LogP contribution < -0.4 is 15.8 Å². The number of anilines is 1. The van der Waals surface area contributed by atoms with Crippen LogP contribution in [0.15, 0.2) is 48.5 Å². The van der Waals surface area contributed by atoms with E-state index in [1.54, 1.807) is 12.1 Å². The van der Waals surface area contributed by atoms with E-state index >= 15 is 0 Å². The summed E-state index contributed by atoms with van der Waals surface area (Å²) < 4.78 is 0. The van der Waals surface area contributed by atoms with Gasteiger partial charge in [-0.25, -0.2) is 10.3 Å². The Kier molecular flexibility index (Phi) is 5.15. The summed E-state index contributed by atoms with van der Waals surface area (Å²) >= 11 is 5.80. The van der Waals surface area contributed by atoms with Gasteiger partial charge in [0.05, 0.1) is 17.0 Å². The fraction of sp³-hybridized carbons (Fsp3) is 0.118. The molecule has 1 atom stereocenters. The number of hydrogen-bond donors (Lipinski definition) is 2. The molecule has 0 unspecified atom stereocenters. The number of carbonyl (C=O) groups excluding carboxylic acids is 3. The van der Waals surface area contributed by atoms with E-state index in [2.05, 4.69) is 10.9 Å². The molecule has 1 aliphatic rings. The van der Waals surface area contributed by atoms with Crippen LogP contribution in [-0.4, -0.2) is 28.7 Å². The molecule has 0 aliphatic carbocycles. The molecule has 0 spiro atoms. The number of nitrogens with one attached hydrogen (secondary N) is 2. The summed E-state index contributed by atoms with van der Waals surface area (Å²) in [6, 6.07) is 10.6. The molecule has 1 saturated heterocycles.